The zero-order chi connectivity index (χ0) is 20.6. The molecule has 0 atom stereocenters. The molecular formula is C23H28F4O. The van der Waals surface area contributed by atoms with Crippen LogP contribution >= 0.6 is 0 Å². The van der Waals surface area contributed by atoms with E-state index in [9.17, 15) is 17.6 Å². The fourth-order valence-corrected chi connectivity index (χ4v) is 3.16. The maximum Gasteiger partial charge on any atom is 0.389 e. The monoisotopic (exact) mass is 396 g/mol. The fraction of sp³-hybridized carbons (Fsp3) is 0.478. The van der Waals surface area contributed by atoms with Gasteiger partial charge in [0, 0.05) is 0 Å². The Morgan fingerprint density at radius 3 is 1.86 bits per heavy atom. The molecule has 0 aliphatic carbocycles. The number of ether oxygens (including phenoxy) is 1. The van der Waals surface area contributed by atoms with Crippen molar-refractivity contribution in [3.8, 4) is 0 Å². The molecule has 5 heteroatoms. The first-order valence-electron chi connectivity index (χ1n) is 9.95. The third kappa shape index (κ3) is 6.33. The van der Waals surface area contributed by atoms with Crippen LogP contribution in [0.2, 0.25) is 0 Å². The molecule has 2 rings (SSSR count). The van der Waals surface area contributed by atoms with Gasteiger partial charge in [0.25, 0.3) is 0 Å². The Labute approximate surface area is 164 Å². The summed E-state index contributed by atoms with van der Waals surface area (Å²) in [7, 11) is 0. The van der Waals surface area contributed by atoms with E-state index in [1.54, 1.807) is 0 Å². The Morgan fingerprint density at radius 1 is 0.750 bits per heavy atom. The number of unbranched alkanes of at least 4 members (excludes halogenated alkanes) is 2. The van der Waals surface area contributed by atoms with Gasteiger partial charge in [-0.25, -0.2) is 8.78 Å². The number of aryl methyl sites for hydroxylation is 2. The van der Waals surface area contributed by atoms with Crippen molar-refractivity contribution >= 4 is 0 Å². The van der Waals surface area contributed by atoms with Crippen molar-refractivity contribution in [1.82, 2.24) is 0 Å². The molecule has 1 nitrogen and oxygen atoms in total. The molecule has 0 aliphatic rings. The molecule has 0 saturated heterocycles. The van der Waals surface area contributed by atoms with Gasteiger partial charge < -0.3 is 4.74 Å². The number of hydrogen-bond acceptors (Lipinski definition) is 1. The van der Waals surface area contributed by atoms with Crippen LogP contribution in [0.25, 0.3) is 0 Å². The third-order valence-electron chi connectivity index (χ3n) is 4.70. The van der Waals surface area contributed by atoms with Gasteiger partial charge in [0.15, 0.2) is 0 Å². The smallest absolute Gasteiger partial charge is 0.316 e. The summed E-state index contributed by atoms with van der Waals surface area (Å²) in [4.78, 5) is 0. The number of halogens is 4. The molecule has 0 radical (unpaired) electrons. The largest absolute Gasteiger partial charge is 0.389 e. The Kier molecular flexibility index (Phi) is 8.49. The molecule has 28 heavy (non-hydrogen) atoms. The minimum atomic E-state index is -4.01. The topological polar surface area (TPSA) is 9.23 Å². The van der Waals surface area contributed by atoms with Crippen LogP contribution in [0, 0.1) is 11.6 Å². The molecule has 0 heterocycles. The SMILES string of the molecule is CCCCCc1ccc(CCOC(F)(F)c2c(F)cc(CCC)cc2F)cc1. The lowest BCUT2D eigenvalue weighted by molar-refractivity contribution is -0.251. The minimum Gasteiger partial charge on any atom is -0.316 e. The van der Waals surface area contributed by atoms with Gasteiger partial charge in [-0.1, -0.05) is 57.4 Å². The average Bonchev–Trinajstić information content (AvgIpc) is 2.62. The van der Waals surface area contributed by atoms with Crippen molar-refractivity contribution in [2.75, 3.05) is 6.61 Å². The highest BCUT2D eigenvalue weighted by molar-refractivity contribution is 5.29. The van der Waals surface area contributed by atoms with Gasteiger partial charge in [-0.05, 0) is 54.5 Å². The first-order valence-corrected chi connectivity index (χ1v) is 9.95. The predicted octanol–water partition coefficient (Wildman–Crippen LogP) is 6.96. The average molecular weight is 396 g/mol. The first-order chi connectivity index (χ1) is 13.4. The number of rotatable bonds is 11. The van der Waals surface area contributed by atoms with Gasteiger partial charge in [-0.3, -0.25) is 0 Å². The van der Waals surface area contributed by atoms with E-state index in [1.165, 1.54) is 12.0 Å². The molecule has 2 aromatic rings. The Bertz CT molecular complexity index is 718. The lowest BCUT2D eigenvalue weighted by atomic mass is 10.0. The molecule has 0 saturated carbocycles. The molecule has 0 aromatic heterocycles. The standard InChI is InChI=1S/C23H28F4O/c1-3-5-6-8-17-9-11-18(12-10-17)13-14-28-23(26,27)22-20(24)15-19(7-4-2)16-21(22)25/h9-12,15-16H,3-8,13-14H2,1-2H3. The van der Waals surface area contributed by atoms with E-state index in [-0.39, 0.29) is 13.0 Å². The van der Waals surface area contributed by atoms with Crippen molar-refractivity contribution in [2.24, 2.45) is 0 Å². The van der Waals surface area contributed by atoms with Gasteiger partial charge in [-0.2, -0.15) is 8.78 Å². The zero-order valence-corrected chi connectivity index (χ0v) is 16.5. The predicted molar refractivity (Wildman–Crippen MR) is 104 cm³/mol. The van der Waals surface area contributed by atoms with E-state index in [0.717, 1.165) is 37.0 Å². The molecule has 0 spiro atoms. The van der Waals surface area contributed by atoms with Crippen LogP contribution in [0.4, 0.5) is 17.6 Å². The van der Waals surface area contributed by atoms with Crippen LogP contribution in [-0.4, -0.2) is 6.61 Å². The van der Waals surface area contributed by atoms with Crippen molar-refractivity contribution in [1.29, 1.82) is 0 Å². The summed E-state index contributed by atoms with van der Waals surface area (Å²) in [5, 5.41) is 0. The second-order valence-corrected chi connectivity index (χ2v) is 7.07. The Balaban J connectivity index is 1.94. The van der Waals surface area contributed by atoms with Crippen LogP contribution in [0.1, 0.15) is 61.8 Å². The maximum absolute atomic E-state index is 14.2. The number of benzene rings is 2. The van der Waals surface area contributed by atoms with Crippen molar-refractivity contribution in [2.45, 2.75) is 64.9 Å². The summed E-state index contributed by atoms with van der Waals surface area (Å²) >= 11 is 0. The van der Waals surface area contributed by atoms with Crippen LogP contribution in [0.5, 0.6) is 0 Å². The fourth-order valence-electron chi connectivity index (χ4n) is 3.16. The van der Waals surface area contributed by atoms with Crippen LogP contribution in [0.3, 0.4) is 0 Å². The van der Waals surface area contributed by atoms with Crippen LogP contribution < -0.4 is 0 Å². The number of alkyl halides is 2. The molecular weight excluding hydrogens is 368 g/mol. The molecule has 154 valence electrons. The second kappa shape index (κ2) is 10.6. The van der Waals surface area contributed by atoms with Crippen LogP contribution in [0.15, 0.2) is 36.4 Å². The lowest BCUT2D eigenvalue weighted by Gasteiger charge is -2.19. The van der Waals surface area contributed by atoms with Crippen LogP contribution in [-0.2, 0) is 30.1 Å². The zero-order valence-electron chi connectivity index (χ0n) is 16.5. The van der Waals surface area contributed by atoms with Gasteiger partial charge in [0.1, 0.15) is 17.2 Å². The molecule has 0 fully saturated rings. The van der Waals surface area contributed by atoms with Crippen molar-refractivity contribution < 1.29 is 22.3 Å². The Morgan fingerprint density at radius 2 is 1.32 bits per heavy atom. The van der Waals surface area contributed by atoms with Crippen molar-refractivity contribution in [3.63, 3.8) is 0 Å². The molecule has 0 bridgehead atoms. The summed E-state index contributed by atoms with van der Waals surface area (Å²) in [6, 6.07) is 9.63. The maximum atomic E-state index is 14.2. The normalized spacial score (nSPS) is 11.8. The summed E-state index contributed by atoms with van der Waals surface area (Å²) in [6.45, 7) is 3.66. The minimum absolute atomic E-state index is 0.238. The Hall–Kier alpha value is -1.88. The highest BCUT2D eigenvalue weighted by Crippen LogP contribution is 2.34. The van der Waals surface area contributed by atoms with E-state index in [2.05, 4.69) is 11.7 Å². The molecule has 0 amide bonds. The highest BCUT2D eigenvalue weighted by Gasteiger charge is 2.39. The summed E-state index contributed by atoms with van der Waals surface area (Å²) in [5.74, 6) is -2.55. The number of hydrogen-bond donors (Lipinski definition) is 0. The van der Waals surface area contributed by atoms with Gasteiger partial charge in [-0.15, -0.1) is 0 Å². The quantitative estimate of drug-likeness (QED) is 0.295. The molecule has 0 unspecified atom stereocenters. The van der Waals surface area contributed by atoms with Crippen molar-refractivity contribution in [3.05, 3.63) is 70.3 Å². The highest BCUT2D eigenvalue weighted by atomic mass is 19.3. The summed E-state index contributed by atoms with van der Waals surface area (Å²) in [6.07, 6.45) is 1.77. The first kappa shape index (κ1) is 22.4. The van der Waals surface area contributed by atoms with Gasteiger partial charge >= 0.3 is 6.11 Å². The third-order valence-corrected chi connectivity index (χ3v) is 4.70. The molecule has 0 N–H and O–H groups in total. The van der Waals surface area contributed by atoms with E-state index >= 15 is 0 Å². The van der Waals surface area contributed by atoms with E-state index in [4.69, 9.17) is 0 Å². The summed E-state index contributed by atoms with van der Waals surface area (Å²) in [5.41, 5.74) is 1.09. The second-order valence-electron chi connectivity index (χ2n) is 7.07. The van der Waals surface area contributed by atoms with Gasteiger partial charge in [0.05, 0.1) is 6.61 Å². The lowest BCUT2D eigenvalue weighted by Crippen LogP contribution is -2.23. The molecule has 2 aromatic carbocycles. The van der Waals surface area contributed by atoms with E-state index < -0.39 is 23.3 Å². The molecule has 0 aliphatic heterocycles. The van der Waals surface area contributed by atoms with Gasteiger partial charge in [0.2, 0.25) is 0 Å². The summed E-state index contributed by atoms with van der Waals surface area (Å²) < 4.78 is 61.1. The van der Waals surface area contributed by atoms with E-state index in [1.807, 2.05) is 31.2 Å². The van der Waals surface area contributed by atoms with E-state index in [0.29, 0.717) is 18.4 Å².